The van der Waals surface area contributed by atoms with Crippen molar-refractivity contribution >= 4 is 6.08 Å². The summed E-state index contributed by atoms with van der Waals surface area (Å²) >= 11 is 0. The lowest BCUT2D eigenvalue weighted by Crippen LogP contribution is -2.15. The Balaban J connectivity index is 2.66. The monoisotopic (exact) mass is 322 g/mol. The average molecular weight is 323 g/mol. The van der Waals surface area contributed by atoms with Gasteiger partial charge in [0, 0.05) is 0 Å². The van der Waals surface area contributed by atoms with Crippen molar-refractivity contribution in [2.45, 2.75) is 59.3 Å². The zero-order valence-electron chi connectivity index (χ0n) is 15.8. The first kappa shape index (κ1) is 20.2. The van der Waals surface area contributed by atoms with Crippen LogP contribution < -0.4 is 0 Å². The van der Waals surface area contributed by atoms with Crippen molar-refractivity contribution < 1.29 is 0 Å². The summed E-state index contributed by atoms with van der Waals surface area (Å²) in [5, 5.41) is 0. The van der Waals surface area contributed by atoms with Gasteiger partial charge in [-0.2, -0.15) is 0 Å². The molecular weight excluding hydrogens is 288 g/mol. The van der Waals surface area contributed by atoms with E-state index in [1.165, 1.54) is 37.7 Å². The number of hydrogen-bond donors (Lipinski definition) is 0. The molecule has 0 unspecified atom stereocenters. The van der Waals surface area contributed by atoms with E-state index in [-0.39, 0.29) is 0 Å². The Morgan fingerprint density at radius 3 is 2.29 bits per heavy atom. The van der Waals surface area contributed by atoms with Crippen molar-refractivity contribution in [1.82, 2.24) is 0 Å². The highest BCUT2D eigenvalue weighted by Crippen LogP contribution is 2.35. The highest BCUT2D eigenvalue weighted by molar-refractivity contribution is 5.52. The molecule has 0 radical (unpaired) electrons. The predicted molar refractivity (Wildman–Crippen MR) is 110 cm³/mol. The van der Waals surface area contributed by atoms with Crippen LogP contribution in [0.15, 0.2) is 72.9 Å². The van der Waals surface area contributed by atoms with Crippen LogP contribution in [0.1, 0.15) is 64.9 Å². The van der Waals surface area contributed by atoms with Gasteiger partial charge in [0.2, 0.25) is 0 Å². The minimum Gasteiger partial charge on any atom is -0.0991 e. The minimum absolute atomic E-state index is 0.330. The number of rotatable bonds is 11. The molecule has 0 spiro atoms. The van der Waals surface area contributed by atoms with Crippen LogP contribution in [-0.4, -0.2) is 0 Å². The second-order valence-electron chi connectivity index (χ2n) is 6.47. The molecular formula is C24H34. The standard InChI is InChI=1S/C24H34/c1-5-9-10-14-19-24(7-3,8-4)20-15-18-22(6-2)21-23-16-12-11-13-17-23/h5,9-14,16-17,19,21H,1,6-8,15,18,20H2,2-4H3. The van der Waals surface area contributed by atoms with Crippen molar-refractivity contribution in [3.05, 3.63) is 78.4 Å². The number of benzene rings is 1. The first-order valence-corrected chi connectivity index (χ1v) is 9.41. The van der Waals surface area contributed by atoms with Gasteiger partial charge in [-0.15, -0.1) is 0 Å². The van der Waals surface area contributed by atoms with Crippen LogP contribution in [0.2, 0.25) is 0 Å². The third-order valence-corrected chi connectivity index (χ3v) is 5.01. The summed E-state index contributed by atoms with van der Waals surface area (Å²) in [6.07, 6.45) is 20.1. The molecule has 0 aliphatic carbocycles. The molecule has 0 saturated heterocycles. The normalized spacial score (nSPS) is 13.0. The quantitative estimate of drug-likeness (QED) is 0.365. The molecule has 0 heteroatoms. The molecule has 0 amide bonds. The minimum atomic E-state index is 0.330. The van der Waals surface area contributed by atoms with Gasteiger partial charge in [0.25, 0.3) is 0 Å². The van der Waals surface area contributed by atoms with E-state index >= 15 is 0 Å². The summed E-state index contributed by atoms with van der Waals surface area (Å²) < 4.78 is 0. The van der Waals surface area contributed by atoms with Gasteiger partial charge in [0.1, 0.15) is 0 Å². The first-order chi connectivity index (χ1) is 11.7. The van der Waals surface area contributed by atoms with Crippen molar-refractivity contribution in [2.75, 3.05) is 0 Å². The van der Waals surface area contributed by atoms with Crippen LogP contribution in [0.4, 0.5) is 0 Å². The first-order valence-electron chi connectivity index (χ1n) is 9.41. The highest BCUT2D eigenvalue weighted by atomic mass is 14.3. The Morgan fingerprint density at radius 2 is 1.71 bits per heavy atom. The fraction of sp³-hybridized carbons (Fsp3) is 0.417. The summed E-state index contributed by atoms with van der Waals surface area (Å²) in [5.41, 5.74) is 3.20. The molecule has 130 valence electrons. The summed E-state index contributed by atoms with van der Waals surface area (Å²) in [4.78, 5) is 0. The largest absolute Gasteiger partial charge is 0.0991 e. The fourth-order valence-corrected chi connectivity index (χ4v) is 3.13. The zero-order chi connectivity index (χ0) is 17.7. The van der Waals surface area contributed by atoms with E-state index in [1.54, 1.807) is 5.57 Å². The summed E-state index contributed by atoms with van der Waals surface area (Å²) in [6, 6.07) is 10.7. The Hall–Kier alpha value is -1.82. The van der Waals surface area contributed by atoms with Gasteiger partial charge < -0.3 is 0 Å². The molecule has 1 rings (SSSR count). The summed E-state index contributed by atoms with van der Waals surface area (Å²) in [5.74, 6) is 0. The maximum Gasteiger partial charge on any atom is -0.0120 e. The Labute approximate surface area is 149 Å². The van der Waals surface area contributed by atoms with E-state index in [0.29, 0.717) is 5.41 Å². The van der Waals surface area contributed by atoms with Gasteiger partial charge in [-0.25, -0.2) is 0 Å². The molecule has 0 aliphatic rings. The topological polar surface area (TPSA) is 0 Å². The average Bonchev–Trinajstić information content (AvgIpc) is 2.64. The zero-order valence-corrected chi connectivity index (χ0v) is 15.8. The second kappa shape index (κ2) is 11.7. The molecule has 0 aliphatic heterocycles. The van der Waals surface area contributed by atoms with E-state index in [4.69, 9.17) is 0 Å². The molecule has 0 N–H and O–H groups in total. The molecule has 0 bridgehead atoms. The molecule has 0 heterocycles. The lowest BCUT2D eigenvalue weighted by Gasteiger charge is -2.28. The molecule has 0 atom stereocenters. The van der Waals surface area contributed by atoms with Crippen molar-refractivity contribution in [3.63, 3.8) is 0 Å². The van der Waals surface area contributed by atoms with E-state index in [0.717, 1.165) is 6.42 Å². The van der Waals surface area contributed by atoms with Crippen molar-refractivity contribution in [2.24, 2.45) is 5.41 Å². The lowest BCUT2D eigenvalue weighted by atomic mass is 9.77. The van der Waals surface area contributed by atoms with Crippen molar-refractivity contribution in [1.29, 1.82) is 0 Å². The van der Waals surface area contributed by atoms with Crippen LogP contribution in [-0.2, 0) is 0 Å². The molecule has 1 aromatic carbocycles. The van der Waals surface area contributed by atoms with Crippen molar-refractivity contribution in [3.8, 4) is 0 Å². The molecule has 0 saturated carbocycles. The summed E-state index contributed by atoms with van der Waals surface area (Å²) in [6.45, 7) is 10.6. The van der Waals surface area contributed by atoms with Crippen LogP contribution in [0.3, 0.4) is 0 Å². The van der Waals surface area contributed by atoms with Gasteiger partial charge in [-0.05, 0) is 49.5 Å². The third kappa shape index (κ3) is 7.17. The molecule has 1 aromatic rings. The summed E-state index contributed by atoms with van der Waals surface area (Å²) in [7, 11) is 0. The molecule has 0 aromatic heterocycles. The van der Waals surface area contributed by atoms with Crippen LogP contribution in [0, 0.1) is 5.41 Å². The Kier molecular flexibility index (Phi) is 9.84. The van der Waals surface area contributed by atoms with E-state index in [9.17, 15) is 0 Å². The smallest absolute Gasteiger partial charge is 0.0120 e. The Bertz CT molecular complexity index is 539. The molecule has 24 heavy (non-hydrogen) atoms. The van der Waals surface area contributed by atoms with Crippen LogP contribution >= 0.6 is 0 Å². The van der Waals surface area contributed by atoms with Gasteiger partial charge in [0.05, 0.1) is 0 Å². The maximum absolute atomic E-state index is 3.72. The lowest BCUT2D eigenvalue weighted by molar-refractivity contribution is 0.315. The second-order valence-corrected chi connectivity index (χ2v) is 6.47. The maximum atomic E-state index is 3.72. The fourth-order valence-electron chi connectivity index (χ4n) is 3.13. The van der Waals surface area contributed by atoms with Crippen LogP contribution in [0.25, 0.3) is 6.08 Å². The van der Waals surface area contributed by atoms with Gasteiger partial charge >= 0.3 is 0 Å². The number of allylic oxidation sites excluding steroid dienone is 6. The van der Waals surface area contributed by atoms with E-state index in [2.05, 4.69) is 82.0 Å². The van der Waals surface area contributed by atoms with E-state index < -0.39 is 0 Å². The van der Waals surface area contributed by atoms with Gasteiger partial charge in [-0.1, -0.05) is 99.7 Å². The molecule has 0 fully saturated rings. The van der Waals surface area contributed by atoms with E-state index in [1.807, 2.05) is 12.2 Å². The van der Waals surface area contributed by atoms with Crippen LogP contribution in [0.5, 0.6) is 0 Å². The predicted octanol–water partition coefficient (Wildman–Crippen LogP) is 7.76. The Morgan fingerprint density at radius 1 is 1.00 bits per heavy atom. The molecule has 0 nitrogen and oxygen atoms in total. The SMILES string of the molecule is C=CC=CC=CC(CC)(CC)CCCC(=Cc1ccccc1)CC. The van der Waals surface area contributed by atoms with Gasteiger partial charge in [0.15, 0.2) is 0 Å². The third-order valence-electron chi connectivity index (χ3n) is 5.01. The van der Waals surface area contributed by atoms with Gasteiger partial charge in [-0.3, -0.25) is 0 Å². The number of hydrogen-bond acceptors (Lipinski definition) is 0. The highest BCUT2D eigenvalue weighted by Gasteiger charge is 2.21.